The summed E-state index contributed by atoms with van der Waals surface area (Å²) in [6, 6.07) is 13.4. The van der Waals surface area contributed by atoms with Gasteiger partial charge in [0.2, 0.25) is 0 Å². The zero-order chi connectivity index (χ0) is 13.4. The molecule has 2 nitrogen and oxygen atoms in total. The summed E-state index contributed by atoms with van der Waals surface area (Å²) in [6.07, 6.45) is 0. The lowest BCUT2D eigenvalue weighted by molar-refractivity contribution is 1.22. The van der Waals surface area contributed by atoms with Crippen molar-refractivity contribution in [2.45, 2.75) is 6.92 Å². The molecule has 0 bridgehead atoms. The molecule has 0 saturated heterocycles. The summed E-state index contributed by atoms with van der Waals surface area (Å²) >= 11 is 12.2. The van der Waals surface area contributed by atoms with E-state index in [1.165, 1.54) is 0 Å². The lowest BCUT2D eigenvalue weighted by atomic mass is 10.1. The van der Waals surface area contributed by atoms with Gasteiger partial charge in [-0.25, -0.2) is 9.97 Å². The van der Waals surface area contributed by atoms with Gasteiger partial charge in [0.25, 0.3) is 0 Å². The minimum absolute atomic E-state index is 0.462. The first-order valence-corrected chi connectivity index (χ1v) is 6.59. The predicted molar refractivity (Wildman–Crippen MR) is 79.7 cm³/mol. The Kier molecular flexibility index (Phi) is 3.13. The number of hydrogen-bond acceptors (Lipinski definition) is 2. The molecule has 1 aromatic heterocycles. The molecule has 1 heterocycles. The predicted octanol–water partition coefficient (Wildman–Crippen LogP) is 4.91. The van der Waals surface area contributed by atoms with E-state index in [4.69, 9.17) is 23.2 Å². The Morgan fingerprint density at radius 3 is 2.58 bits per heavy atom. The van der Waals surface area contributed by atoms with Crippen LogP contribution in [0.4, 0.5) is 0 Å². The Balaban J connectivity index is 2.24. The first kappa shape index (κ1) is 12.4. The lowest BCUT2D eigenvalue weighted by Gasteiger charge is -2.05. The van der Waals surface area contributed by atoms with Gasteiger partial charge in [0.1, 0.15) is 5.15 Å². The molecule has 0 atom stereocenters. The Bertz CT molecular complexity index is 769. The van der Waals surface area contributed by atoms with E-state index in [1.54, 1.807) is 0 Å². The van der Waals surface area contributed by atoms with Crippen LogP contribution in [0.2, 0.25) is 10.2 Å². The van der Waals surface area contributed by atoms with Crippen LogP contribution in [0, 0.1) is 6.92 Å². The zero-order valence-corrected chi connectivity index (χ0v) is 11.7. The van der Waals surface area contributed by atoms with Crippen LogP contribution < -0.4 is 0 Å². The van der Waals surface area contributed by atoms with Crippen molar-refractivity contribution < 1.29 is 0 Å². The van der Waals surface area contributed by atoms with Crippen molar-refractivity contribution in [2.24, 2.45) is 0 Å². The van der Waals surface area contributed by atoms with Gasteiger partial charge in [0.05, 0.1) is 5.52 Å². The molecule has 0 amide bonds. The van der Waals surface area contributed by atoms with Crippen molar-refractivity contribution in [2.75, 3.05) is 0 Å². The standard InChI is InChI=1S/C15H10Cl2N2/c1-9-5-6-13-12(7-9)14(17)19-15(18-13)10-3-2-4-11(16)8-10/h2-8H,1H3. The molecule has 3 aromatic rings. The number of aryl methyl sites for hydroxylation is 1. The highest BCUT2D eigenvalue weighted by molar-refractivity contribution is 6.34. The van der Waals surface area contributed by atoms with Crippen LogP contribution in [-0.4, -0.2) is 9.97 Å². The molecule has 2 aromatic carbocycles. The Labute approximate surface area is 121 Å². The maximum Gasteiger partial charge on any atom is 0.161 e. The minimum Gasteiger partial charge on any atom is -0.228 e. The van der Waals surface area contributed by atoms with E-state index in [2.05, 4.69) is 9.97 Å². The molecule has 0 aliphatic carbocycles. The van der Waals surface area contributed by atoms with E-state index in [0.717, 1.165) is 22.0 Å². The third kappa shape index (κ3) is 2.42. The molecule has 0 aliphatic rings. The van der Waals surface area contributed by atoms with Crippen LogP contribution in [0.3, 0.4) is 0 Å². The number of halogens is 2. The Hall–Kier alpha value is -1.64. The maximum atomic E-state index is 6.24. The van der Waals surface area contributed by atoms with Gasteiger partial charge in [-0.05, 0) is 31.2 Å². The van der Waals surface area contributed by atoms with Gasteiger partial charge >= 0.3 is 0 Å². The molecule has 19 heavy (non-hydrogen) atoms. The van der Waals surface area contributed by atoms with E-state index >= 15 is 0 Å². The van der Waals surface area contributed by atoms with Crippen LogP contribution in [-0.2, 0) is 0 Å². The number of fused-ring (bicyclic) bond motifs is 1. The maximum absolute atomic E-state index is 6.24. The van der Waals surface area contributed by atoms with Gasteiger partial charge in [-0.15, -0.1) is 0 Å². The highest BCUT2D eigenvalue weighted by Crippen LogP contribution is 2.26. The molecule has 0 fully saturated rings. The van der Waals surface area contributed by atoms with Crippen LogP contribution >= 0.6 is 23.2 Å². The quantitative estimate of drug-likeness (QED) is 0.595. The summed E-state index contributed by atoms with van der Waals surface area (Å²) < 4.78 is 0. The van der Waals surface area contributed by atoms with Crippen LogP contribution in [0.1, 0.15) is 5.56 Å². The monoisotopic (exact) mass is 288 g/mol. The normalized spacial score (nSPS) is 10.9. The second kappa shape index (κ2) is 4.80. The Morgan fingerprint density at radius 2 is 1.79 bits per heavy atom. The molecule has 0 aliphatic heterocycles. The highest BCUT2D eigenvalue weighted by Gasteiger charge is 2.08. The first-order valence-electron chi connectivity index (χ1n) is 5.83. The summed E-state index contributed by atoms with van der Waals surface area (Å²) in [4.78, 5) is 8.88. The number of benzene rings is 2. The van der Waals surface area contributed by atoms with Crippen molar-refractivity contribution in [1.29, 1.82) is 0 Å². The van der Waals surface area contributed by atoms with Gasteiger partial charge in [0.15, 0.2) is 5.82 Å². The van der Waals surface area contributed by atoms with E-state index < -0.39 is 0 Å². The Morgan fingerprint density at radius 1 is 0.947 bits per heavy atom. The molecule has 94 valence electrons. The van der Waals surface area contributed by atoms with E-state index in [-0.39, 0.29) is 0 Å². The van der Waals surface area contributed by atoms with E-state index in [0.29, 0.717) is 16.0 Å². The zero-order valence-electron chi connectivity index (χ0n) is 10.2. The second-order valence-corrected chi connectivity index (χ2v) is 5.16. The van der Waals surface area contributed by atoms with Crippen molar-refractivity contribution in [3.05, 3.63) is 58.2 Å². The summed E-state index contributed by atoms with van der Waals surface area (Å²) in [5, 5.41) is 1.98. The van der Waals surface area contributed by atoms with Crippen LogP contribution in [0.5, 0.6) is 0 Å². The lowest BCUT2D eigenvalue weighted by Crippen LogP contribution is -1.92. The third-order valence-electron chi connectivity index (χ3n) is 2.89. The average molecular weight is 289 g/mol. The van der Waals surface area contributed by atoms with Crippen molar-refractivity contribution in [3.8, 4) is 11.4 Å². The SMILES string of the molecule is Cc1ccc2nc(-c3cccc(Cl)c3)nc(Cl)c2c1. The summed E-state index contributed by atoms with van der Waals surface area (Å²) in [5.74, 6) is 0.587. The summed E-state index contributed by atoms with van der Waals surface area (Å²) in [6.45, 7) is 2.01. The van der Waals surface area contributed by atoms with Crippen molar-refractivity contribution >= 4 is 34.1 Å². The molecular weight excluding hydrogens is 279 g/mol. The minimum atomic E-state index is 0.462. The van der Waals surface area contributed by atoms with E-state index in [9.17, 15) is 0 Å². The topological polar surface area (TPSA) is 25.8 Å². The molecule has 4 heteroatoms. The van der Waals surface area contributed by atoms with Gasteiger partial charge in [0, 0.05) is 16.0 Å². The van der Waals surface area contributed by atoms with Crippen molar-refractivity contribution in [1.82, 2.24) is 9.97 Å². The molecule has 3 rings (SSSR count). The van der Waals surface area contributed by atoms with Crippen LogP contribution in [0.25, 0.3) is 22.3 Å². The summed E-state index contributed by atoms with van der Waals surface area (Å²) in [5.41, 5.74) is 2.82. The fourth-order valence-electron chi connectivity index (χ4n) is 1.96. The number of nitrogens with zero attached hydrogens (tertiary/aromatic N) is 2. The van der Waals surface area contributed by atoms with E-state index in [1.807, 2.05) is 49.4 Å². The molecule has 0 radical (unpaired) electrons. The largest absolute Gasteiger partial charge is 0.228 e. The number of hydrogen-bond donors (Lipinski definition) is 0. The second-order valence-electron chi connectivity index (χ2n) is 4.37. The van der Waals surface area contributed by atoms with Gasteiger partial charge in [-0.2, -0.15) is 0 Å². The highest BCUT2D eigenvalue weighted by atomic mass is 35.5. The summed E-state index contributed by atoms with van der Waals surface area (Å²) in [7, 11) is 0. The van der Waals surface area contributed by atoms with Crippen molar-refractivity contribution in [3.63, 3.8) is 0 Å². The fourth-order valence-corrected chi connectivity index (χ4v) is 2.38. The average Bonchev–Trinajstić information content (AvgIpc) is 2.39. The van der Waals surface area contributed by atoms with Gasteiger partial charge in [-0.1, -0.05) is 47.0 Å². The fraction of sp³-hybridized carbons (Fsp3) is 0.0667. The molecule has 0 spiro atoms. The van der Waals surface area contributed by atoms with Gasteiger partial charge in [-0.3, -0.25) is 0 Å². The molecule has 0 saturated carbocycles. The molecule has 0 N–H and O–H groups in total. The molecular formula is C15H10Cl2N2. The third-order valence-corrected chi connectivity index (χ3v) is 3.41. The van der Waals surface area contributed by atoms with Crippen LogP contribution in [0.15, 0.2) is 42.5 Å². The number of aromatic nitrogens is 2. The first-order chi connectivity index (χ1) is 9.13. The van der Waals surface area contributed by atoms with Gasteiger partial charge < -0.3 is 0 Å². The smallest absolute Gasteiger partial charge is 0.161 e. The molecule has 0 unspecified atom stereocenters. The number of rotatable bonds is 1.